The van der Waals surface area contributed by atoms with Crippen molar-refractivity contribution in [3.05, 3.63) is 23.2 Å². The third-order valence-corrected chi connectivity index (χ3v) is 3.19. The van der Waals surface area contributed by atoms with Gasteiger partial charge in [-0.3, -0.25) is 0 Å². The first-order chi connectivity index (χ1) is 9.09. The van der Waals surface area contributed by atoms with E-state index in [1.165, 1.54) is 12.1 Å². The van der Waals surface area contributed by atoms with Gasteiger partial charge in [0.15, 0.2) is 0 Å². The van der Waals surface area contributed by atoms with E-state index in [0.717, 1.165) is 6.07 Å². The highest BCUT2D eigenvalue weighted by atomic mass is 35.5. The second-order valence-electron chi connectivity index (χ2n) is 3.65. The van der Waals surface area contributed by atoms with Crippen LogP contribution in [0.4, 0.5) is 13.2 Å². The van der Waals surface area contributed by atoms with E-state index in [1.807, 2.05) is 0 Å². The van der Waals surface area contributed by atoms with Crippen molar-refractivity contribution in [1.29, 1.82) is 0 Å². The van der Waals surface area contributed by atoms with Crippen molar-refractivity contribution in [3.63, 3.8) is 0 Å². The second kappa shape index (κ2) is 6.61. The van der Waals surface area contributed by atoms with Crippen LogP contribution in [0.15, 0.2) is 23.1 Å². The molecule has 1 aromatic carbocycles. The van der Waals surface area contributed by atoms with Crippen molar-refractivity contribution in [2.24, 2.45) is 5.14 Å². The third kappa shape index (κ3) is 5.95. The number of benzene rings is 1. The Morgan fingerprint density at radius 2 is 1.90 bits per heavy atom. The lowest BCUT2D eigenvalue weighted by Gasteiger charge is -2.10. The van der Waals surface area contributed by atoms with Crippen LogP contribution < -0.4 is 9.88 Å². The van der Waals surface area contributed by atoms with Crippen molar-refractivity contribution < 1.29 is 31.1 Å². The molecule has 0 saturated heterocycles. The molecule has 1 rings (SSSR count). The third-order valence-electron chi connectivity index (χ3n) is 1.98. The number of halogens is 4. The van der Waals surface area contributed by atoms with Gasteiger partial charge in [0.25, 0.3) is 0 Å². The molecule has 1 aromatic rings. The Bertz CT molecular complexity index is 562. The molecule has 5 nitrogen and oxygen atoms in total. The van der Waals surface area contributed by atoms with E-state index >= 15 is 0 Å². The maximum Gasteiger partial charge on any atom is 0.411 e. The van der Waals surface area contributed by atoms with Gasteiger partial charge in [0.2, 0.25) is 10.0 Å². The molecule has 0 radical (unpaired) electrons. The molecule has 0 aliphatic heterocycles. The van der Waals surface area contributed by atoms with Crippen molar-refractivity contribution >= 4 is 21.6 Å². The van der Waals surface area contributed by atoms with E-state index in [2.05, 4.69) is 4.74 Å². The summed E-state index contributed by atoms with van der Waals surface area (Å²) in [6, 6.07) is 3.52. The van der Waals surface area contributed by atoms with Gasteiger partial charge in [0, 0.05) is 0 Å². The lowest BCUT2D eigenvalue weighted by atomic mass is 10.3. The van der Waals surface area contributed by atoms with Crippen molar-refractivity contribution in [1.82, 2.24) is 0 Å². The van der Waals surface area contributed by atoms with E-state index in [9.17, 15) is 21.6 Å². The summed E-state index contributed by atoms with van der Waals surface area (Å²) in [4.78, 5) is -0.192. The summed E-state index contributed by atoms with van der Waals surface area (Å²) < 4.78 is 66.8. The summed E-state index contributed by atoms with van der Waals surface area (Å²) >= 11 is 5.76. The summed E-state index contributed by atoms with van der Waals surface area (Å²) in [5, 5.41) is 4.88. The number of alkyl halides is 3. The number of sulfonamides is 1. The predicted octanol–water partition coefficient (Wildman–Crippen LogP) is 1.95. The van der Waals surface area contributed by atoms with Crippen LogP contribution in [0.5, 0.6) is 5.75 Å². The van der Waals surface area contributed by atoms with Gasteiger partial charge in [-0.05, 0) is 18.2 Å². The lowest BCUT2D eigenvalue weighted by molar-refractivity contribution is -0.175. The fourth-order valence-electron chi connectivity index (χ4n) is 1.17. The van der Waals surface area contributed by atoms with E-state index in [-0.39, 0.29) is 28.9 Å². The molecule has 20 heavy (non-hydrogen) atoms. The molecule has 0 amide bonds. The van der Waals surface area contributed by atoms with Crippen molar-refractivity contribution in [3.8, 4) is 5.75 Å². The van der Waals surface area contributed by atoms with Gasteiger partial charge >= 0.3 is 6.18 Å². The first-order valence-electron chi connectivity index (χ1n) is 5.19. The maximum atomic E-state index is 11.8. The quantitative estimate of drug-likeness (QED) is 0.807. The van der Waals surface area contributed by atoms with Crippen LogP contribution >= 0.6 is 11.6 Å². The molecule has 0 unspecified atom stereocenters. The second-order valence-corrected chi connectivity index (χ2v) is 5.62. The molecule has 0 spiro atoms. The zero-order valence-electron chi connectivity index (χ0n) is 9.98. The summed E-state index contributed by atoms with van der Waals surface area (Å²) in [6.45, 7) is -1.81. The average Bonchev–Trinajstić information content (AvgIpc) is 2.27. The number of hydrogen-bond donors (Lipinski definition) is 1. The first-order valence-corrected chi connectivity index (χ1v) is 7.12. The summed E-state index contributed by atoms with van der Waals surface area (Å²) in [5.41, 5.74) is 0. The number of primary sulfonamides is 1. The van der Waals surface area contributed by atoms with E-state index in [0.29, 0.717) is 0 Å². The molecule has 0 atom stereocenters. The van der Waals surface area contributed by atoms with Gasteiger partial charge in [-0.2, -0.15) is 13.2 Å². The maximum absolute atomic E-state index is 11.8. The molecule has 0 saturated carbocycles. The molecule has 114 valence electrons. The molecular weight excluding hydrogens is 323 g/mol. The summed E-state index contributed by atoms with van der Waals surface area (Å²) in [7, 11) is -3.88. The minimum absolute atomic E-state index is 0.0210. The largest absolute Gasteiger partial charge is 0.490 e. The highest BCUT2D eigenvalue weighted by molar-refractivity contribution is 7.89. The van der Waals surface area contributed by atoms with Crippen molar-refractivity contribution in [2.75, 3.05) is 19.8 Å². The van der Waals surface area contributed by atoms with Crippen LogP contribution in [0.2, 0.25) is 5.02 Å². The van der Waals surface area contributed by atoms with Crippen LogP contribution in [0.25, 0.3) is 0 Å². The molecule has 0 heterocycles. The van der Waals surface area contributed by atoms with Crippen LogP contribution in [0.1, 0.15) is 0 Å². The van der Waals surface area contributed by atoms with Gasteiger partial charge in [-0.25, -0.2) is 13.6 Å². The molecule has 2 N–H and O–H groups in total. The topological polar surface area (TPSA) is 78.6 Å². The van der Waals surface area contributed by atoms with Crippen LogP contribution in [0.3, 0.4) is 0 Å². The normalized spacial score (nSPS) is 12.4. The fourth-order valence-corrected chi connectivity index (χ4v) is 2.01. The monoisotopic (exact) mass is 333 g/mol. The Morgan fingerprint density at radius 3 is 2.40 bits per heavy atom. The van der Waals surface area contributed by atoms with Crippen LogP contribution in [-0.2, 0) is 14.8 Å². The molecule has 0 aromatic heterocycles. The molecule has 0 aliphatic rings. The number of ether oxygens (including phenoxy) is 2. The number of hydrogen-bond acceptors (Lipinski definition) is 4. The van der Waals surface area contributed by atoms with E-state index in [4.69, 9.17) is 21.5 Å². The first kappa shape index (κ1) is 17.0. The Hall–Kier alpha value is -1.03. The Balaban J connectivity index is 2.50. The van der Waals surface area contributed by atoms with Gasteiger partial charge in [0.1, 0.15) is 19.0 Å². The van der Waals surface area contributed by atoms with Gasteiger partial charge in [0.05, 0.1) is 16.5 Å². The average molecular weight is 334 g/mol. The molecule has 0 bridgehead atoms. The SMILES string of the molecule is NS(=O)(=O)c1ccc(OCCOCC(F)(F)F)c(Cl)c1. The Morgan fingerprint density at radius 1 is 1.25 bits per heavy atom. The predicted molar refractivity (Wildman–Crippen MR) is 65.2 cm³/mol. The van der Waals surface area contributed by atoms with Crippen LogP contribution in [-0.4, -0.2) is 34.4 Å². The van der Waals surface area contributed by atoms with Crippen molar-refractivity contribution in [2.45, 2.75) is 11.1 Å². The minimum atomic E-state index is -4.39. The highest BCUT2D eigenvalue weighted by Gasteiger charge is 2.27. The zero-order chi connectivity index (χ0) is 15.4. The van der Waals surface area contributed by atoms with Gasteiger partial charge in [-0.15, -0.1) is 0 Å². The number of nitrogens with two attached hydrogens (primary N) is 1. The smallest absolute Gasteiger partial charge is 0.411 e. The zero-order valence-corrected chi connectivity index (χ0v) is 11.6. The summed E-state index contributed by atoms with van der Waals surface area (Å²) in [5.74, 6) is 0.120. The minimum Gasteiger partial charge on any atom is -0.490 e. The molecule has 0 fully saturated rings. The number of rotatable bonds is 6. The van der Waals surface area contributed by atoms with Crippen LogP contribution in [0, 0.1) is 0 Å². The molecule has 10 heteroatoms. The highest BCUT2D eigenvalue weighted by Crippen LogP contribution is 2.26. The Labute approximate surface area is 118 Å². The molecular formula is C10H11ClF3NO4S. The Kier molecular flexibility index (Phi) is 5.63. The molecule has 0 aliphatic carbocycles. The van der Waals surface area contributed by atoms with E-state index < -0.39 is 22.8 Å². The standard InChI is InChI=1S/C10H11ClF3NO4S/c11-8-5-7(20(15,16)17)1-2-9(8)19-4-3-18-6-10(12,13)14/h1-2,5H,3-4,6H2,(H2,15,16,17). The van der Waals surface area contributed by atoms with Gasteiger partial charge in [-0.1, -0.05) is 11.6 Å². The lowest BCUT2D eigenvalue weighted by Crippen LogP contribution is -2.19. The van der Waals surface area contributed by atoms with Gasteiger partial charge < -0.3 is 9.47 Å². The fraction of sp³-hybridized carbons (Fsp3) is 0.400. The summed E-state index contributed by atoms with van der Waals surface area (Å²) in [6.07, 6.45) is -4.39. The van der Waals surface area contributed by atoms with E-state index in [1.54, 1.807) is 0 Å².